The fourth-order valence-electron chi connectivity index (χ4n) is 6.19. The Morgan fingerprint density at radius 1 is 0.694 bits per heavy atom. The van der Waals surface area contributed by atoms with Crippen LogP contribution in [0, 0.1) is 35.1 Å². The molecule has 0 aromatic heterocycles. The Hall–Kier alpha value is -2.62. The van der Waals surface area contributed by atoms with E-state index in [2.05, 4.69) is 6.92 Å². The minimum absolute atomic E-state index is 0.0411. The van der Waals surface area contributed by atoms with Gasteiger partial charge >= 0.3 is 0 Å². The number of halogens is 4. The Morgan fingerprint density at radius 2 is 1.28 bits per heavy atom. The lowest BCUT2D eigenvalue weighted by Crippen LogP contribution is -2.27. The summed E-state index contributed by atoms with van der Waals surface area (Å²) in [5.74, 6) is -5.22. The quantitative estimate of drug-likeness (QED) is 0.157. The second-order valence-electron chi connectivity index (χ2n) is 10.2. The van der Waals surface area contributed by atoms with Gasteiger partial charge in [-0.3, -0.25) is 0 Å². The third-order valence-electron chi connectivity index (χ3n) is 8.05. The highest BCUT2D eigenvalue weighted by molar-refractivity contribution is 5.71. The Labute approximate surface area is 212 Å². The Morgan fingerprint density at radius 3 is 1.89 bits per heavy atom. The van der Waals surface area contributed by atoms with Crippen molar-refractivity contribution in [1.82, 2.24) is 0 Å². The van der Waals surface area contributed by atoms with Crippen molar-refractivity contribution >= 4 is 0 Å². The molecule has 0 N–H and O–H groups in total. The monoisotopic (exact) mass is 496 g/mol. The molecule has 4 heteroatoms. The lowest BCUT2D eigenvalue weighted by atomic mass is 9.67. The minimum Gasteiger partial charge on any atom is -0.203 e. The van der Waals surface area contributed by atoms with E-state index in [9.17, 15) is 0 Å². The number of rotatable bonds is 9. The van der Waals surface area contributed by atoms with Gasteiger partial charge in [0, 0.05) is 5.56 Å². The van der Waals surface area contributed by atoms with Gasteiger partial charge in [-0.1, -0.05) is 113 Å². The zero-order valence-electron chi connectivity index (χ0n) is 21.3. The number of hydrogen-bond donors (Lipinski definition) is 0. The van der Waals surface area contributed by atoms with Crippen molar-refractivity contribution in [3.05, 3.63) is 83.4 Å². The van der Waals surface area contributed by atoms with Crippen molar-refractivity contribution in [1.29, 1.82) is 0 Å². The number of benzene rings is 3. The van der Waals surface area contributed by atoms with E-state index in [1.807, 2.05) is 37.3 Å². The second kappa shape index (κ2) is 12.1. The van der Waals surface area contributed by atoms with Crippen molar-refractivity contribution < 1.29 is 17.6 Å². The minimum atomic E-state index is -1.30. The maximum absolute atomic E-state index is 15.6. The molecule has 0 bridgehead atoms. The lowest BCUT2D eigenvalue weighted by Gasteiger charge is -2.38. The van der Waals surface area contributed by atoms with E-state index in [0.29, 0.717) is 12.3 Å². The zero-order chi connectivity index (χ0) is 25.7. The van der Waals surface area contributed by atoms with Crippen LogP contribution < -0.4 is 0 Å². The molecule has 36 heavy (non-hydrogen) atoms. The third kappa shape index (κ3) is 5.38. The van der Waals surface area contributed by atoms with E-state index in [1.165, 1.54) is 12.1 Å². The topological polar surface area (TPSA) is 0 Å². The molecule has 0 amide bonds. The summed E-state index contributed by atoms with van der Waals surface area (Å²) < 4.78 is 62.0. The van der Waals surface area contributed by atoms with E-state index < -0.39 is 40.3 Å². The van der Waals surface area contributed by atoms with Crippen LogP contribution in [0.5, 0.6) is 0 Å². The van der Waals surface area contributed by atoms with Crippen molar-refractivity contribution in [3.8, 4) is 22.3 Å². The van der Waals surface area contributed by atoms with Gasteiger partial charge in [0.1, 0.15) is 0 Å². The van der Waals surface area contributed by atoms with Gasteiger partial charge in [-0.25, -0.2) is 17.6 Å². The molecule has 1 aliphatic carbocycles. The molecule has 1 fully saturated rings. The third-order valence-corrected chi connectivity index (χ3v) is 8.05. The summed E-state index contributed by atoms with van der Waals surface area (Å²) >= 11 is 0. The van der Waals surface area contributed by atoms with E-state index in [-0.39, 0.29) is 11.5 Å². The first-order chi connectivity index (χ1) is 17.5. The standard InChI is InChI=1S/C32H36F4/c1-3-5-7-14-23-15-10-11-16-26(23)25(4-2)28-31(35)29(33)27(30(34)32(28)36)24-19-17-22(18-20-24)21-12-8-6-9-13-21/h6,8-9,12-13,17-20,23,25-26H,3-5,7,10-11,14-16H2,1-2H3. The molecule has 1 saturated carbocycles. The van der Waals surface area contributed by atoms with Crippen molar-refractivity contribution in [2.24, 2.45) is 11.8 Å². The molecule has 0 nitrogen and oxygen atoms in total. The molecule has 4 rings (SSSR count). The van der Waals surface area contributed by atoms with Crippen LogP contribution in [0.2, 0.25) is 0 Å². The highest BCUT2D eigenvalue weighted by Crippen LogP contribution is 2.46. The Kier molecular flexibility index (Phi) is 8.87. The summed E-state index contributed by atoms with van der Waals surface area (Å²) in [4.78, 5) is 0. The SMILES string of the molecule is CCCCCC1CCCCC1C(CC)c1c(F)c(F)c(-c2ccc(-c3ccccc3)cc2)c(F)c1F. The smallest absolute Gasteiger partial charge is 0.170 e. The van der Waals surface area contributed by atoms with Crippen LogP contribution in [-0.2, 0) is 0 Å². The first-order valence-corrected chi connectivity index (χ1v) is 13.5. The molecule has 3 aromatic carbocycles. The van der Waals surface area contributed by atoms with Gasteiger partial charge in [0.2, 0.25) is 0 Å². The summed E-state index contributed by atoms with van der Waals surface area (Å²) in [7, 11) is 0. The highest BCUT2D eigenvalue weighted by Gasteiger charge is 2.37. The average molecular weight is 497 g/mol. The number of hydrogen-bond acceptors (Lipinski definition) is 0. The largest absolute Gasteiger partial charge is 0.203 e. The van der Waals surface area contributed by atoms with Crippen LogP contribution in [0.15, 0.2) is 54.6 Å². The lowest BCUT2D eigenvalue weighted by molar-refractivity contribution is 0.177. The molecule has 3 atom stereocenters. The van der Waals surface area contributed by atoms with Crippen LogP contribution in [0.4, 0.5) is 17.6 Å². The van der Waals surface area contributed by atoms with Gasteiger partial charge in [-0.2, -0.15) is 0 Å². The summed E-state index contributed by atoms with van der Waals surface area (Å²) in [6, 6.07) is 16.0. The maximum atomic E-state index is 15.6. The molecular weight excluding hydrogens is 460 g/mol. The predicted octanol–water partition coefficient (Wildman–Crippen LogP) is 10.5. The van der Waals surface area contributed by atoms with Crippen LogP contribution in [-0.4, -0.2) is 0 Å². The Bertz CT molecular complexity index is 1110. The van der Waals surface area contributed by atoms with E-state index >= 15 is 17.6 Å². The van der Waals surface area contributed by atoms with Gasteiger partial charge in [-0.05, 0) is 47.3 Å². The van der Waals surface area contributed by atoms with E-state index in [0.717, 1.165) is 62.5 Å². The summed E-state index contributed by atoms with van der Waals surface area (Å²) in [5, 5.41) is 0. The van der Waals surface area contributed by atoms with E-state index in [1.54, 1.807) is 12.1 Å². The van der Waals surface area contributed by atoms with Gasteiger partial charge in [-0.15, -0.1) is 0 Å². The molecule has 3 aromatic rings. The molecule has 3 unspecified atom stereocenters. The van der Waals surface area contributed by atoms with Crippen LogP contribution in [0.3, 0.4) is 0 Å². The van der Waals surface area contributed by atoms with Crippen molar-refractivity contribution in [2.75, 3.05) is 0 Å². The van der Waals surface area contributed by atoms with Crippen LogP contribution in [0.1, 0.15) is 83.1 Å². The molecule has 0 heterocycles. The fraction of sp³-hybridized carbons (Fsp3) is 0.438. The summed E-state index contributed by atoms with van der Waals surface area (Å²) in [6.45, 7) is 4.02. The summed E-state index contributed by atoms with van der Waals surface area (Å²) in [5.41, 5.74) is 0.896. The van der Waals surface area contributed by atoms with Crippen LogP contribution >= 0.6 is 0 Å². The molecule has 0 aliphatic heterocycles. The summed E-state index contributed by atoms with van der Waals surface area (Å²) in [6.07, 6.45) is 8.75. The predicted molar refractivity (Wildman–Crippen MR) is 140 cm³/mol. The number of unbranched alkanes of at least 4 members (excludes halogenated alkanes) is 2. The molecular formula is C32H36F4. The second-order valence-corrected chi connectivity index (χ2v) is 10.2. The molecule has 0 saturated heterocycles. The normalized spacial score (nSPS) is 18.8. The van der Waals surface area contributed by atoms with Crippen molar-refractivity contribution in [3.63, 3.8) is 0 Å². The molecule has 0 radical (unpaired) electrons. The zero-order valence-corrected chi connectivity index (χ0v) is 21.3. The molecule has 0 spiro atoms. The average Bonchev–Trinajstić information content (AvgIpc) is 2.91. The molecule has 192 valence electrons. The molecule has 1 aliphatic rings. The fourth-order valence-corrected chi connectivity index (χ4v) is 6.19. The van der Waals surface area contributed by atoms with E-state index in [4.69, 9.17) is 0 Å². The first-order valence-electron chi connectivity index (χ1n) is 13.5. The van der Waals surface area contributed by atoms with Crippen molar-refractivity contribution in [2.45, 2.75) is 77.6 Å². The van der Waals surface area contributed by atoms with Gasteiger partial charge < -0.3 is 0 Å². The van der Waals surface area contributed by atoms with Gasteiger partial charge in [0.05, 0.1) is 5.56 Å². The Balaban J connectivity index is 1.69. The highest BCUT2D eigenvalue weighted by atomic mass is 19.2. The first kappa shape index (κ1) is 26.4. The maximum Gasteiger partial charge on any atom is 0.170 e. The van der Waals surface area contributed by atoms with Gasteiger partial charge in [0.25, 0.3) is 0 Å². The van der Waals surface area contributed by atoms with Crippen LogP contribution in [0.25, 0.3) is 22.3 Å². The van der Waals surface area contributed by atoms with Gasteiger partial charge in [0.15, 0.2) is 23.3 Å².